The highest BCUT2D eigenvalue weighted by molar-refractivity contribution is 5.43. The first-order chi connectivity index (χ1) is 9.71. The molecular weight excluding hydrogens is 285 g/mol. The van der Waals surface area contributed by atoms with Gasteiger partial charge in [-0.25, -0.2) is 0 Å². The molecule has 1 aliphatic heterocycles. The highest BCUT2D eigenvalue weighted by Gasteiger charge is 2.39. The van der Waals surface area contributed by atoms with Crippen molar-refractivity contribution in [1.29, 1.82) is 0 Å². The standard InChI is InChI=1S/C14H13F3N2O2/c1-8-7-11(13(19(20)21)9(2)18-8)10-5-3-4-6-12(10)14(15,16)17/h3-7,11,18H,1-2H3/t11-/m1/s1. The van der Waals surface area contributed by atoms with Crippen molar-refractivity contribution in [2.24, 2.45) is 0 Å². The van der Waals surface area contributed by atoms with Crippen molar-refractivity contribution in [3.05, 3.63) is 68.7 Å². The summed E-state index contributed by atoms with van der Waals surface area (Å²) in [4.78, 5) is 10.6. The highest BCUT2D eigenvalue weighted by Crippen LogP contribution is 2.40. The van der Waals surface area contributed by atoms with Crippen LogP contribution in [-0.4, -0.2) is 4.92 Å². The van der Waals surface area contributed by atoms with E-state index in [-0.39, 0.29) is 17.0 Å². The lowest BCUT2D eigenvalue weighted by Gasteiger charge is -2.23. The Bertz CT molecular complexity index is 648. The van der Waals surface area contributed by atoms with Crippen LogP contribution in [0.1, 0.15) is 30.9 Å². The Morgan fingerprint density at radius 3 is 2.43 bits per heavy atom. The van der Waals surface area contributed by atoms with Crippen molar-refractivity contribution < 1.29 is 18.1 Å². The van der Waals surface area contributed by atoms with Crippen LogP contribution in [0.25, 0.3) is 0 Å². The van der Waals surface area contributed by atoms with Gasteiger partial charge in [-0.2, -0.15) is 13.2 Å². The van der Waals surface area contributed by atoms with Crippen LogP contribution in [0.4, 0.5) is 13.2 Å². The maximum Gasteiger partial charge on any atom is 0.416 e. The summed E-state index contributed by atoms with van der Waals surface area (Å²) >= 11 is 0. The largest absolute Gasteiger partial charge is 0.416 e. The number of allylic oxidation sites excluding steroid dienone is 3. The van der Waals surface area contributed by atoms with Crippen molar-refractivity contribution in [2.75, 3.05) is 0 Å². The molecule has 0 aromatic heterocycles. The van der Waals surface area contributed by atoms with Gasteiger partial charge in [-0.05, 0) is 31.6 Å². The molecule has 1 aliphatic rings. The first-order valence-electron chi connectivity index (χ1n) is 6.18. The molecule has 4 nitrogen and oxygen atoms in total. The SMILES string of the molecule is CC1=C[C@H](c2ccccc2C(F)(F)F)C([N+](=O)[O-])=C(C)N1. The van der Waals surface area contributed by atoms with Crippen molar-refractivity contribution in [2.45, 2.75) is 25.9 Å². The summed E-state index contributed by atoms with van der Waals surface area (Å²) in [6, 6.07) is 4.93. The molecule has 0 aliphatic carbocycles. The van der Waals surface area contributed by atoms with Gasteiger partial charge in [0.05, 0.1) is 22.1 Å². The van der Waals surface area contributed by atoms with E-state index in [0.29, 0.717) is 5.70 Å². The molecule has 1 N–H and O–H groups in total. The van der Waals surface area contributed by atoms with Gasteiger partial charge in [-0.3, -0.25) is 10.1 Å². The first kappa shape index (κ1) is 15.1. The van der Waals surface area contributed by atoms with Gasteiger partial charge in [-0.15, -0.1) is 0 Å². The monoisotopic (exact) mass is 298 g/mol. The molecule has 112 valence electrons. The van der Waals surface area contributed by atoms with Crippen LogP contribution in [0.15, 0.2) is 47.4 Å². The molecule has 7 heteroatoms. The maximum absolute atomic E-state index is 13.1. The molecule has 0 bridgehead atoms. The number of benzene rings is 1. The Morgan fingerprint density at radius 1 is 1.24 bits per heavy atom. The predicted molar refractivity (Wildman–Crippen MR) is 70.8 cm³/mol. The molecule has 0 saturated carbocycles. The van der Waals surface area contributed by atoms with Crippen molar-refractivity contribution >= 4 is 0 Å². The van der Waals surface area contributed by atoms with Gasteiger partial charge in [0.15, 0.2) is 0 Å². The lowest BCUT2D eigenvalue weighted by atomic mass is 9.88. The summed E-state index contributed by atoms with van der Waals surface area (Å²) in [7, 11) is 0. The number of alkyl halides is 3. The Labute approximate surface area is 119 Å². The fourth-order valence-corrected chi connectivity index (χ4v) is 2.48. The highest BCUT2D eigenvalue weighted by atomic mass is 19.4. The molecule has 1 aromatic carbocycles. The Kier molecular flexibility index (Phi) is 3.76. The minimum absolute atomic E-state index is 0.114. The van der Waals surface area contributed by atoms with Crippen molar-refractivity contribution in [3.63, 3.8) is 0 Å². The minimum Gasteiger partial charge on any atom is -0.358 e. The van der Waals surface area contributed by atoms with Crippen LogP contribution in [0.3, 0.4) is 0 Å². The average molecular weight is 298 g/mol. The van der Waals surface area contributed by atoms with Gasteiger partial charge in [0.1, 0.15) is 0 Å². The van der Waals surface area contributed by atoms with E-state index in [2.05, 4.69) is 5.32 Å². The second-order valence-electron chi connectivity index (χ2n) is 4.80. The summed E-state index contributed by atoms with van der Waals surface area (Å²) in [6.45, 7) is 3.14. The molecule has 21 heavy (non-hydrogen) atoms. The summed E-state index contributed by atoms with van der Waals surface area (Å²) in [6.07, 6.45) is -3.12. The number of rotatable bonds is 2. The van der Waals surface area contributed by atoms with Gasteiger partial charge in [0.25, 0.3) is 5.70 Å². The van der Waals surface area contributed by atoms with Gasteiger partial charge >= 0.3 is 6.18 Å². The lowest BCUT2D eigenvalue weighted by Crippen LogP contribution is -2.25. The lowest BCUT2D eigenvalue weighted by molar-refractivity contribution is -0.430. The molecule has 0 fully saturated rings. The number of hydrogen-bond acceptors (Lipinski definition) is 3. The molecular formula is C14H13F3N2O2. The summed E-state index contributed by atoms with van der Waals surface area (Å²) in [5, 5.41) is 14.0. The normalized spacial score (nSPS) is 19.1. The van der Waals surface area contributed by atoms with E-state index in [9.17, 15) is 23.3 Å². The fourth-order valence-electron chi connectivity index (χ4n) is 2.48. The maximum atomic E-state index is 13.1. The van der Waals surface area contributed by atoms with Gasteiger partial charge < -0.3 is 5.32 Å². The Morgan fingerprint density at radius 2 is 1.86 bits per heavy atom. The zero-order valence-corrected chi connectivity index (χ0v) is 11.4. The minimum atomic E-state index is -4.56. The van der Waals surface area contributed by atoms with Crippen LogP contribution in [-0.2, 0) is 6.18 Å². The van der Waals surface area contributed by atoms with Crippen LogP contribution in [0, 0.1) is 10.1 Å². The predicted octanol–water partition coefficient (Wildman–Crippen LogP) is 3.80. The molecule has 0 radical (unpaired) electrons. The Hall–Kier alpha value is -2.31. The van der Waals surface area contributed by atoms with Crippen LogP contribution >= 0.6 is 0 Å². The second kappa shape index (κ2) is 5.23. The van der Waals surface area contributed by atoms with Crippen molar-refractivity contribution in [3.8, 4) is 0 Å². The molecule has 2 rings (SSSR count). The Balaban J connectivity index is 2.64. The quantitative estimate of drug-likeness (QED) is 0.667. The number of nitro groups is 1. The number of nitrogens with one attached hydrogen (secondary N) is 1. The second-order valence-corrected chi connectivity index (χ2v) is 4.80. The smallest absolute Gasteiger partial charge is 0.358 e. The first-order valence-corrected chi connectivity index (χ1v) is 6.18. The molecule has 1 atom stereocenters. The molecule has 0 amide bonds. The number of hydrogen-bond donors (Lipinski definition) is 1. The van der Waals surface area contributed by atoms with E-state index in [0.717, 1.165) is 6.07 Å². The van der Waals surface area contributed by atoms with Gasteiger partial charge in [0, 0.05) is 5.70 Å². The topological polar surface area (TPSA) is 55.2 Å². The number of dihydropyridines is 1. The van der Waals surface area contributed by atoms with Crippen LogP contribution < -0.4 is 5.32 Å². The molecule has 1 aromatic rings. The third kappa shape index (κ3) is 2.91. The number of nitrogens with zero attached hydrogens (tertiary/aromatic N) is 1. The zero-order chi connectivity index (χ0) is 15.8. The molecule has 0 unspecified atom stereocenters. The number of halogens is 3. The average Bonchev–Trinajstić information content (AvgIpc) is 2.36. The van der Waals surface area contributed by atoms with E-state index in [4.69, 9.17) is 0 Å². The molecule has 1 heterocycles. The molecule has 0 saturated heterocycles. The zero-order valence-electron chi connectivity index (χ0n) is 11.4. The third-order valence-electron chi connectivity index (χ3n) is 3.28. The van der Waals surface area contributed by atoms with Gasteiger partial charge in [0.2, 0.25) is 0 Å². The fraction of sp³-hybridized carbons (Fsp3) is 0.286. The summed E-state index contributed by atoms with van der Waals surface area (Å²) in [5.41, 5.74) is -0.399. The summed E-state index contributed by atoms with van der Waals surface area (Å²) < 4.78 is 39.3. The van der Waals surface area contributed by atoms with E-state index in [1.54, 1.807) is 6.92 Å². The van der Waals surface area contributed by atoms with Crippen LogP contribution in [0.2, 0.25) is 0 Å². The van der Waals surface area contributed by atoms with Crippen molar-refractivity contribution in [1.82, 2.24) is 5.32 Å². The third-order valence-corrected chi connectivity index (χ3v) is 3.28. The van der Waals surface area contributed by atoms with E-state index >= 15 is 0 Å². The summed E-state index contributed by atoms with van der Waals surface area (Å²) in [5.74, 6) is -1.03. The van der Waals surface area contributed by atoms with Gasteiger partial charge in [-0.1, -0.05) is 18.2 Å². The van der Waals surface area contributed by atoms with E-state index in [1.165, 1.54) is 31.2 Å². The van der Waals surface area contributed by atoms with E-state index < -0.39 is 22.6 Å². The van der Waals surface area contributed by atoms with E-state index in [1.807, 2.05) is 0 Å². The van der Waals surface area contributed by atoms with Crippen LogP contribution in [0.5, 0.6) is 0 Å². The molecule has 0 spiro atoms.